The first-order chi connectivity index (χ1) is 6.37. The zero-order chi connectivity index (χ0) is 11.2. The van der Waals surface area contributed by atoms with Gasteiger partial charge in [-0.2, -0.15) is 0 Å². The molecule has 0 atom stereocenters. The summed E-state index contributed by atoms with van der Waals surface area (Å²) < 4.78 is 0. The molecule has 2 N–H and O–H groups in total. The zero-order valence-electron chi connectivity index (χ0n) is 8.46. The molecule has 0 aliphatic heterocycles. The average Bonchev–Trinajstić information content (AvgIpc) is 2.02. The van der Waals surface area contributed by atoms with E-state index in [9.17, 15) is 9.59 Å². The molecule has 0 saturated heterocycles. The zero-order valence-corrected chi connectivity index (χ0v) is 8.46. The third kappa shape index (κ3) is 6.06. The Labute approximate surface area is 83.7 Å². The van der Waals surface area contributed by atoms with Crippen LogP contribution in [0.15, 0.2) is 0 Å². The molecule has 0 aliphatic rings. The van der Waals surface area contributed by atoms with Gasteiger partial charge in [0.15, 0.2) is 0 Å². The standard InChI is InChI=1S/C10H15NO3/c1-4-10(2,3)11-8(12)6-5-7-9(13)14/h1H,5-7H2,2-3H3,(H,11,12)(H,13,14). The number of hydrogen-bond acceptors (Lipinski definition) is 2. The first-order valence-electron chi connectivity index (χ1n) is 4.38. The molecule has 0 radical (unpaired) electrons. The van der Waals surface area contributed by atoms with Crippen LogP contribution in [0.3, 0.4) is 0 Å². The van der Waals surface area contributed by atoms with Crippen molar-refractivity contribution in [2.75, 3.05) is 0 Å². The van der Waals surface area contributed by atoms with Crippen molar-refractivity contribution in [2.24, 2.45) is 0 Å². The molecule has 0 aliphatic carbocycles. The Balaban J connectivity index is 3.78. The fraction of sp³-hybridized carbons (Fsp3) is 0.600. The Hall–Kier alpha value is -1.50. The summed E-state index contributed by atoms with van der Waals surface area (Å²) in [7, 11) is 0. The van der Waals surface area contributed by atoms with Gasteiger partial charge in [0, 0.05) is 12.8 Å². The highest BCUT2D eigenvalue weighted by molar-refractivity contribution is 5.77. The van der Waals surface area contributed by atoms with E-state index in [1.807, 2.05) is 0 Å². The van der Waals surface area contributed by atoms with Crippen molar-refractivity contribution >= 4 is 11.9 Å². The van der Waals surface area contributed by atoms with Gasteiger partial charge >= 0.3 is 5.97 Å². The minimum Gasteiger partial charge on any atom is -0.481 e. The summed E-state index contributed by atoms with van der Waals surface area (Å²) in [6.07, 6.45) is 5.70. The van der Waals surface area contributed by atoms with Gasteiger partial charge in [-0.1, -0.05) is 5.92 Å². The maximum absolute atomic E-state index is 11.2. The first-order valence-corrected chi connectivity index (χ1v) is 4.38. The highest BCUT2D eigenvalue weighted by Gasteiger charge is 2.16. The van der Waals surface area contributed by atoms with Crippen LogP contribution >= 0.6 is 0 Å². The Morgan fingerprint density at radius 3 is 2.43 bits per heavy atom. The summed E-state index contributed by atoms with van der Waals surface area (Å²) in [5, 5.41) is 11.0. The number of hydrogen-bond donors (Lipinski definition) is 2. The molecule has 14 heavy (non-hydrogen) atoms. The molecule has 0 bridgehead atoms. The Kier molecular flexibility index (Phi) is 4.71. The van der Waals surface area contributed by atoms with E-state index in [0.29, 0.717) is 6.42 Å². The fourth-order valence-corrected chi connectivity index (χ4v) is 0.847. The molecule has 0 aromatic carbocycles. The first kappa shape index (κ1) is 12.5. The minimum atomic E-state index is -0.894. The molecule has 4 nitrogen and oxygen atoms in total. The third-order valence-electron chi connectivity index (χ3n) is 1.61. The van der Waals surface area contributed by atoms with E-state index in [-0.39, 0.29) is 18.7 Å². The number of carboxylic acids is 1. The number of carbonyl (C=O) groups is 2. The molecule has 0 rings (SSSR count). The number of carbonyl (C=O) groups excluding carboxylic acids is 1. The third-order valence-corrected chi connectivity index (χ3v) is 1.61. The van der Waals surface area contributed by atoms with Crippen LogP contribution in [0.2, 0.25) is 0 Å². The summed E-state index contributed by atoms with van der Waals surface area (Å²) in [6.45, 7) is 3.42. The van der Waals surface area contributed by atoms with Crippen LogP contribution in [-0.4, -0.2) is 22.5 Å². The predicted octanol–water partition coefficient (Wildman–Crippen LogP) is 0.769. The van der Waals surface area contributed by atoms with Crippen molar-refractivity contribution in [1.82, 2.24) is 5.32 Å². The number of aliphatic carboxylic acids is 1. The van der Waals surface area contributed by atoms with Crippen LogP contribution < -0.4 is 5.32 Å². The van der Waals surface area contributed by atoms with Gasteiger partial charge < -0.3 is 10.4 Å². The van der Waals surface area contributed by atoms with Crippen molar-refractivity contribution in [3.63, 3.8) is 0 Å². The maximum Gasteiger partial charge on any atom is 0.303 e. The van der Waals surface area contributed by atoms with Gasteiger partial charge in [-0.3, -0.25) is 9.59 Å². The molecule has 4 heteroatoms. The smallest absolute Gasteiger partial charge is 0.303 e. The molecule has 0 fully saturated rings. The molecule has 0 spiro atoms. The largest absolute Gasteiger partial charge is 0.481 e. The van der Waals surface area contributed by atoms with Gasteiger partial charge in [-0.25, -0.2) is 0 Å². The van der Waals surface area contributed by atoms with Gasteiger partial charge in [0.2, 0.25) is 5.91 Å². The molecule has 0 unspecified atom stereocenters. The second-order valence-electron chi connectivity index (χ2n) is 3.56. The number of nitrogens with one attached hydrogen (secondary N) is 1. The van der Waals surface area contributed by atoms with Crippen molar-refractivity contribution < 1.29 is 14.7 Å². The van der Waals surface area contributed by atoms with Crippen LogP contribution in [0.25, 0.3) is 0 Å². The van der Waals surface area contributed by atoms with E-state index in [1.165, 1.54) is 0 Å². The minimum absolute atomic E-state index is 0.00387. The van der Waals surface area contributed by atoms with Gasteiger partial charge in [0.1, 0.15) is 0 Å². The van der Waals surface area contributed by atoms with E-state index in [0.717, 1.165) is 0 Å². The van der Waals surface area contributed by atoms with Crippen LogP contribution in [0, 0.1) is 12.3 Å². The van der Waals surface area contributed by atoms with E-state index < -0.39 is 11.5 Å². The topological polar surface area (TPSA) is 66.4 Å². The molecular weight excluding hydrogens is 182 g/mol. The van der Waals surface area contributed by atoms with Crippen LogP contribution in [0.1, 0.15) is 33.1 Å². The van der Waals surface area contributed by atoms with Gasteiger partial charge in [0.05, 0.1) is 5.54 Å². The van der Waals surface area contributed by atoms with Crippen LogP contribution in [0.4, 0.5) is 0 Å². The Bertz CT molecular complexity index is 263. The number of carboxylic acid groups (broad SMARTS) is 1. The summed E-state index contributed by atoms with van der Waals surface area (Å²) in [5.74, 6) is 1.31. The molecule has 0 aromatic rings. The normalized spacial score (nSPS) is 10.4. The van der Waals surface area contributed by atoms with E-state index in [2.05, 4.69) is 11.2 Å². The molecule has 0 saturated carbocycles. The van der Waals surface area contributed by atoms with Crippen molar-refractivity contribution in [3.05, 3.63) is 0 Å². The molecule has 78 valence electrons. The lowest BCUT2D eigenvalue weighted by Gasteiger charge is -2.19. The SMILES string of the molecule is C#CC(C)(C)NC(=O)CCCC(=O)O. The molecule has 0 aromatic heterocycles. The van der Waals surface area contributed by atoms with E-state index >= 15 is 0 Å². The highest BCUT2D eigenvalue weighted by Crippen LogP contribution is 2.01. The molecule has 1 amide bonds. The summed E-state index contributed by atoms with van der Waals surface area (Å²) >= 11 is 0. The van der Waals surface area contributed by atoms with Crippen LogP contribution in [0.5, 0.6) is 0 Å². The number of amides is 1. The van der Waals surface area contributed by atoms with Gasteiger partial charge in [0.25, 0.3) is 0 Å². The summed E-state index contributed by atoms with van der Waals surface area (Å²) in [6, 6.07) is 0. The van der Waals surface area contributed by atoms with E-state index in [1.54, 1.807) is 13.8 Å². The van der Waals surface area contributed by atoms with Crippen molar-refractivity contribution in [2.45, 2.75) is 38.6 Å². The number of rotatable bonds is 5. The highest BCUT2D eigenvalue weighted by atomic mass is 16.4. The van der Waals surface area contributed by atoms with Crippen molar-refractivity contribution in [1.29, 1.82) is 0 Å². The second kappa shape index (κ2) is 5.28. The summed E-state index contributed by atoms with van der Waals surface area (Å²) in [5.41, 5.74) is -0.666. The predicted molar refractivity (Wildman–Crippen MR) is 52.5 cm³/mol. The van der Waals surface area contributed by atoms with Gasteiger partial charge in [-0.05, 0) is 20.3 Å². The fourth-order valence-electron chi connectivity index (χ4n) is 0.847. The lowest BCUT2D eigenvalue weighted by molar-refractivity contribution is -0.137. The molecule has 0 heterocycles. The molecular formula is C10H15NO3. The van der Waals surface area contributed by atoms with Crippen molar-refractivity contribution in [3.8, 4) is 12.3 Å². The quantitative estimate of drug-likeness (QED) is 0.640. The average molecular weight is 197 g/mol. The van der Waals surface area contributed by atoms with Crippen LogP contribution in [-0.2, 0) is 9.59 Å². The Morgan fingerprint density at radius 2 is 2.00 bits per heavy atom. The number of terminal acetylenes is 1. The van der Waals surface area contributed by atoms with Gasteiger partial charge in [-0.15, -0.1) is 6.42 Å². The van der Waals surface area contributed by atoms with E-state index in [4.69, 9.17) is 11.5 Å². The lowest BCUT2D eigenvalue weighted by Crippen LogP contribution is -2.41. The second-order valence-corrected chi connectivity index (χ2v) is 3.56. The lowest BCUT2D eigenvalue weighted by atomic mass is 10.1. The monoisotopic (exact) mass is 197 g/mol. The Morgan fingerprint density at radius 1 is 1.43 bits per heavy atom. The maximum atomic E-state index is 11.2. The summed E-state index contributed by atoms with van der Waals surface area (Å²) in [4.78, 5) is 21.4.